The van der Waals surface area contributed by atoms with Gasteiger partial charge in [0.2, 0.25) is 5.91 Å². The fourth-order valence-electron chi connectivity index (χ4n) is 5.87. The average Bonchev–Trinajstić information content (AvgIpc) is 2.95. The van der Waals surface area contributed by atoms with Gasteiger partial charge in [0.05, 0.1) is 37.0 Å². The molecule has 2 heterocycles. The molecule has 0 aromatic carbocycles. The Morgan fingerprint density at radius 2 is 1.75 bits per heavy atom. The maximum absolute atomic E-state index is 12.6. The van der Waals surface area contributed by atoms with E-state index in [0.717, 1.165) is 12.8 Å². The zero-order chi connectivity index (χ0) is 29.6. The van der Waals surface area contributed by atoms with Crippen molar-refractivity contribution in [3.8, 4) is 0 Å². The van der Waals surface area contributed by atoms with Crippen molar-refractivity contribution in [3.05, 3.63) is 0 Å². The van der Waals surface area contributed by atoms with Crippen LogP contribution in [0, 0.1) is 5.92 Å². The third kappa shape index (κ3) is 7.64. The van der Waals surface area contributed by atoms with Gasteiger partial charge >= 0.3 is 0 Å². The van der Waals surface area contributed by atoms with Crippen molar-refractivity contribution in [2.75, 3.05) is 32.8 Å². The lowest BCUT2D eigenvalue weighted by Crippen LogP contribution is -2.69. The van der Waals surface area contributed by atoms with Crippen LogP contribution in [0.4, 0.5) is 0 Å². The Bertz CT molecular complexity index is 785. The van der Waals surface area contributed by atoms with Gasteiger partial charge < -0.3 is 79.0 Å². The molecule has 16 heteroatoms. The van der Waals surface area contributed by atoms with Gasteiger partial charge in [-0.1, -0.05) is 0 Å². The number of aliphatic hydroxyl groups is 5. The van der Waals surface area contributed by atoms with Crippen LogP contribution in [0.3, 0.4) is 0 Å². The molecule has 2 saturated heterocycles. The van der Waals surface area contributed by atoms with Crippen LogP contribution in [0.2, 0.25) is 0 Å². The molecule has 40 heavy (non-hydrogen) atoms. The van der Waals surface area contributed by atoms with Crippen LogP contribution in [-0.2, 0) is 19.0 Å². The van der Waals surface area contributed by atoms with Crippen molar-refractivity contribution in [2.24, 2.45) is 34.6 Å². The Labute approximate surface area is 233 Å². The first-order chi connectivity index (χ1) is 19.1. The minimum absolute atomic E-state index is 0.110. The average molecular weight is 580 g/mol. The molecule has 0 aromatic rings. The number of carbonyl (C=O) groups is 1. The molecule has 0 radical (unpaired) electrons. The Morgan fingerprint density at radius 3 is 2.38 bits per heavy atom. The highest BCUT2D eigenvalue weighted by Gasteiger charge is 2.53. The van der Waals surface area contributed by atoms with Crippen LogP contribution in [0.25, 0.3) is 0 Å². The predicted molar refractivity (Wildman–Crippen MR) is 142 cm³/mol. The van der Waals surface area contributed by atoms with Crippen LogP contribution < -0.4 is 39.3 Å². The second-order valence-electron chi connectivity index (χ2n) is 11.0. The Kier molecular flexibility index (Phi) is 12.9. The number of rotatable bonds is 12. The molecule has 1 aliphatic carbocycles. The van der Waals surface area contributed by atoms with Gasteiger partial charge in [-0.25, -0.2) is 0 Å². The van der Waals surface area contributed by atoms with Crippen LogP contribution in [-0.4, -0.2) is 144 Å². The molecule has 0 spiro atoms. The van der Waals surface area contributed by atoms with Gasteiger partial charge in [0.1, 0.15) is 30.5 Å². The molecule has 0 bridgehead atoms. The van der Waals surface area contributed by atoms with Crippen LogP contribution in [0.5, 0.6) is 0 Å². The van der Waals surface area contributed by atoms with E-state index >= 15 is 0 Å². The van der Waals surface area contributed by atoms with Crippen LogP contribution in [0.15, 0.2) is 0 Å². The summed E-state index contributed by atoms with van der Waals surface area (Å²) in [5.41, 5.74) is 29.5. The number of ether oxygens (including phenoxy) is 3. The van der Waals surface area contributed by atoms with Gasteiger partial charge in [0.25, 0.3) is 0 Å². The van der Waals surface area contributed by atoms with E-state index in [1.165, 1.54) is 0 Å². The summed E-state index contributed by atoms with van der Waals surface area (Å²) in [6.45, 7) is 0.488. The number of hydrogen-bond donors (Lipinski definition) is 12. The Morgan fingerprint density at radius 1 is 1.02 bits per heavy atom. The number of nitrogens with two attached hydrogens (primary N) is 5. The highest BCUT2D eigenvalue weighted by Crippen LogP contribution is 2.37. The molecule has 3 aliphatic rings. The molecule has 17 N–H and O–H groups in total. The van der Waals surface area contributed by atoms with Gasteiger partial charge in [-0.2, -0.15) is 0 Å². The SMILES string of the molecule is NCCCNC1CCC(CN)OC1C1C(N)CC(NC(=O)C(O)CN)C(OC2OC(CO)C(O)C(N)C2O)C1O. The number of nitrogens with one attached hydrogen (secondary N) is 2. The summed E-state index contributed by atoms with van der Waals surface area (Å²) >= 11 is 0. The summed E-state index contributed by atoms with van der Waals surface area (Å²) in [5.74, 6) is -1.49. The minimum Gasteiger partial charge on any atom is -0.394 e. The minimum atomic E-state index is -1.52. The quantitative estimate of drug-likeness (QED) is 0.0956. The van der Waals surface area contributed by atoms with Crippen LogP contribution >= 0.6 is 0 Å². The molecular weight excluding hydrogens is 530 g/mol. The maximum Gasteiger partial charge on any atom is 0.250 e. The van der Waals surface area contributed by atoms with E-state index < -0.39 is 85.6 Å². The van der Waals surface area contributed by atoms with Crippen molar-refractivity contribution in [1.82, 2.24) is 10.6 Å². The molecule has 16 nitrogen and oxygen atoms in total. The third-order valence-corrected chi connectivity index (χ3v) is 8.21. The normalized spacial score (nSPS) is 43.3. The van der Waals surface area contributed by atoms with Crippen LogP contribution in [0.1, 0.15) is 25.7 Å². The van der Waals surface area contributed by atoms with Crippen molar-refractivity contribution < 1.29 is 44.5 Å². The largest absolute Gasteiger partial charge is 0.394 e. The fraction of sp³-hybridized carbons (Fsp3) is 0.958. The smallest absolute Gasteiger partial charge is 0.250 e. The van der Waals surface area contributed by atoms with Gasteiger partial charge in [-0.05, 0) is 38.8 Å². The summed E-state index contributed by atoms with van der Waals surface area (Å²) < 4.78 is 18.0. The number of carbonyl (C=O) groups excluding carboxylic acids is 1. The van der Waals surface area contributed by atoms with E-state index in [-0.39, 0.29) is 31.7 Å². The Balaban J connectivity index is 1.90. The molecule has 0 aromatic heterocycles. The summed E-state index contributed by atoms with van der Waals surface area (Å²) in [7, 11) is 0. The molecule has 14 atom stereocenters. The molecule has 3 fully saturated rings. The fourth-order valence-corrected chi connectivity index (χ4v) is 5.87. The van der Waals surface area contributed by atoms with E-state index in [1.807, 2.05) is 0 Å². The van der Waals surface area contributed by atoms with Gasteiger partial charge in [-0.3, -0.25) is 4.79 Å². The molecule has 3 rings (SSSR count). The summed E-state index contributed by atoms with van der Waals surface area (Å²) in [6, 6.07) is -3.00. The molecule has 2 aliphatic heterocycles. The molecule has 234 valence electrons. The monoisotopic (exact) mass is 579 g/mol. The first-order valence-electron chi connectivity index (χ1n) is 14.0. The van der Waals surface area contributed by atoms with Crippen molar-refractivity contribution in [1.29, 1.82) is 0 Å². The second-order valence-corrected chi connectivity index (χ2v) is 11.0. The Hall–Kier alpha value is -1.09. The lowest BCUT2D eigenvalue weighted by molar-refractivity contribution is -0.306. The number of amides is 1. The summed E-state index contributed by atoms with van der Waals surface area (Å²) in [6.07, 6.45) is -8.13. The third-order valence-electron chi connectivity index (χ3n) is 8.21. The topological polar surface area (TPSA) is 300 Å². The van der Waals surface area contributed by atoms with Gasteiger partial charge in [-0.15, -0.1) is 0 Å². The van der Waals surface area contributed by atoms with Gasteiger partial charge in [0, 0.05) is 31.1 Å². The molecule has 14 unspecified atom stereocenters. The first-order valence-corrected chi connectivity index (χ1v) is 14.0. The van der Waals surface area contributed by atoms with E-state index in [4.69, 9.17) is 42.9 Å². The molecule has 1 amide bonds. The first kappa shape index (κ1) is 33.4. The van der Waals surface area contributed by atoms with Crippen molar-refractivity contribution in [3.63, 3.8) is 0 Å². The zero-order valence-corrected chi connectivity index (χ0v) is 22.7. The molecular formula is C24H49N7O9. The van der Waals surface area contributed by atoms with E-state index in [2.05, 4.69) is 10.6 Å². The second kappa shape index (κ2) is 15.4. The van der Waals surface area contributed by atoms with E-state index in [1.54, 1.807) is 0 Å². The summed E-state index contributed by atoms with van der Waals surface area (Å²) in [5, 5.41) is 58.4. The van der Waals surface area contributed by atoms with Crippen molar-refractivity contribution >= 4 is 5.91 Å². The maximum atomic E-state index is 12.6. The number of hydrogen-bond acceptors (Lipinski definition) is 15. The zero-order valence-electron chi connectivity index (χ0n) is 22.7. The molecule has 1 saturated carbocycles. The lowest BCUT2D eigenvalue weighted by Gasteiger charge is -2.51. The van der Waals surface area contributed by atoms with E-state index in [0.29, 0.717) is 19.5 Å². The predicted octanol–water partition coefficient (Wildman–Crippen LogP) is -6.54. The number of aliphatic hydroxyl groups excluding tert-OH is 5. The van der Waals surface area contributed by atoms with E-state index in [9.17, 15) is 30.3 Å². The summed E-state index contributed by atoms with van der Waals surface area (Å²) in [4.78, 5) is 12.6. The standard InChI is InChI=1S/C24H49N7O9/c25-4-1-5-30-12-3-2-10(7-26)38-21(12)16-11(28)6-13(31-23(37)14(33)8-27)22(19(16)35)40-24-20(36)17(29)18(34)15(9-32)39-24/h10-22,24,30,32-36H,1-9,25-29H2,(H,31,37). The lowest BCUT2D eigenvalue weighted by atomic mass is 9.72. The highest BCUT2D eigenvalue weighted by atomic mass is 16.7. The van der Waals surface area contributed by atoms with Crippen molar-refractivity contribution in [2.45, 2.75) is 105 Å². The highest BCUT2D eigenvalue weighted by molar-refractivity contribution is 5.81. The van der Waals surface area contributed by atoms with Gasteiger partial charge in [0.15, 0.2) is 6.29 Å².